The van der Waals surface area contributed by atoms with Gasteiger partial charge in [0.2, 0.25) is 0 Å². The lowest BCUT2D eigenvalue weighted by Crippen LogP contribution is -2.55. The fourth-order valence-corrected chi connectivity index (χ4v) is 7.19. The lowest BCUT2D eigenvalue weighted by Gasteiger charge is -2.41. The van der Waals surface area contributed by atoms with E-state index in [0.717, 1.165) is 37.8 Å². The van der Waals surface area contributed by atoms with Crippen LogP contribution in [0.15, 0.2) is 30.6 Å². The molecular weight excluding hydrogens is 583 g/mol. The van der Waals surface area contributed by atoms with E-state index in [9.17, 15) is 23.2 Å². The predicted octanol–water partition coefficient (Wildman–Crippen LogP) is 5.01. The lowest BCUT2D eigenvalue weighted by molar-refractivity contribution is -0.131. The van der Waals surface area contributed by atoms with E-state index in [1.165, 1.54) is 29.5 Å². The molecular formula is C33H42F3N7O2. The van der Waals surface area contributed by atoms with E-state index in [1.807, 2.05) is 4.90 Å². The Morgan fingerprint density at radius 1 is 1.11 bits per heavy atom. The number of amides is 1. The third kappa shape index (κ3) is 7.35. The second kappa shape index (κ2) is 14.1. The van der Waals surface area contributed by atoms with Crippen molar-refractivity contribution >= 4 is 17.4 Å². The number of benzene rings is 1. The van der Waals surface area contributed by atoms with Gasteiger partial charge in [-0.05, 0) is 51.9 Å². The summed E-state index contributed by atoms with van der Waals surface area (Å²) >= 11 is 0. The summed E-state index contributed by atoms with van der Waals surface area (Å²) in [5.41, 5.74) is 1.33. The molecule has 12 heteroatoms. The molecule has 2 fully saturated rings. The highest BCUT2D eigenvalue weighted by Crippen LogP contribution is 2.38. The maximum Gasteiger partial charge on any atom is 0.318 e. The molecule has 1 saturated heterocycles. The number of anilines is 2. The van der Waals surface area contributed by atoms with Crippen LogP contribution < -0.4 is 14.5 Å². The molecule has 1 aromatic heterocycles. The minimum atomic E-state index is -1.06. The molecule has 3 heterocycles. The smallest absolute Gasteiger partial charge is 0.318 e. The fraction of sp³-hybridized carbons (Fsp3) is 0.576. The first-order chi connectivity index (χ1) is 21.6. The van der Waals surface area contributed by atoms with Crippen molar-refractivity contribution < 1.29 is 22.7 Å². The van der Waals surface area contributed by atoms with Gasteiger partial charge in [0, 0.05) is 43.7 Å². The minimum Gasteiger partial charge on any atom is -0.463 e. The number of nitriles is 1. The van der Waals surface area contributed by atoms with Gasteiger partial charge in [-0.2, -0.15) is 15.2 Å². The molecule has 2 aromatic rings. The largest absolute Gasteiger partial charge is 0.463 e. The van der Waals surface area contributed by atoms with Crippen LogP contribution in [0, 0.1) is 28.4 Å². The van der Waals surface area contributed by atoms with Crippen molar-refractivity contribution in [3.63, 3.8) is 0 Å². The number of carbonyl (C=O) groups is 1. The van der Waals surface area contributed by atoms with Gasteiger partial charge in [0.15, 0.2) is 5.83 Å². The molecule has 1 aromatic carbocycles. The molecule has 1 saturated carbocycles. The van der Waals surface area contributed by atoms with Crippen molar-refractivity contribution in [2.75, 3.05) is 63.2 Å². The van der Waals surface area contributed by atoms with E-state index in [2.05, 4.69) is 31.6 Å². The van der Waals surface area contributed by atoms with Crippen LogP contribution >= 0.6 is 0 Å². The van der Waals surface area contributed by atoms with Gasteiger partial charge in [0.25, 0.3) is 5.91 Å². The Morgan fingerprint density at radius 3 is 2.51 bits per heavy atom. The number of ether oxygens (including phenoxy) is 1. The summed E-state index contributed by atoms with van der Waals surface area (Å²) in [5, 5.41) is 9.51. The molecule has 1 atom stereocenters. The zero-order valence-electron chi connectivity index (χ0n) is 26.2. The number of aromatic nitrogens is 2. The average molecular weight is 626 g/mol. The number of rotatable bonds is 9. The van der Waals surface area contributed by atoms with Crippen LogP contribution in [0.1, 0.15) is 56.2 Å². The Kier molecular flexibility index (Phi) is 10.2. The number of piperazine rings is 1. The summed E-state index contributed by atoms with van der Waals surface area (Å²) in [4.78, 5) is 29.5. The molecule has 1 aliphatic carbocycles. The van der Waals surface area contributed by atoms with Gasteiger partial charge in [0.1, 0.15) is 23.1 Å². The molecule has 2 aliphatic heterocycles. The first-order valence-electron chi connectivity index (χ1n) is 15.7. The number of para-hydroxylation sites is 1. The van der Waals surface area contributed by atoms with Crippen LogP contribution in [0.2, 0.25) is 0 Å². The summed E-state index contributed by atoms with van der Waals surface area (Å²) in [6.07, 6.45) is 6.71. The van der Waals surface area contributed by atoms with Gasteiger partial charge in [-0.1, -0.05) is 31.9 Å². The van der Waals surface area contributed by atoms with Crippen LogP contribution in [0.5, 0.6) is 6.01 Å². The summed E-state index contributed by atoms with van der Waals surface area (Å²) in [7, 11) is 4.12. The first kappa shape index (κ1) is 32.5. The Labute approximate surface area is 263 Å². The van der Waals surface area contributed by atoms with E-state index < -0.39 is 29.4 Å². The molecule has 1 amide bonds. The van der Waals surface area contributed by atoms with E-state index in [-0.39, 0.29) is 43.2 Å². The first-order valence-corrected chi connectivity index (χ1v) is 15.7. The molecule has 0 bridgehead atoms. The number of nitrogens with zero attached hydrogens (tertiary/aromatic N) is 7. The zero-order valence-corrected chi connectivity index (χ0v) is 26.2. The highest BCUT2D eigenvalue weighted by Gasteiger charge is 2.36. The maximum atomic E-state index is 14.9. The molecule has 45 heavy (non-hydrogen) atoms. The highest BCUT2D eigenvalue weighted by molar-refractivity contribution is 5.91. The molecule has 242 valence electrons. The fourth-order valence-electron chi connectivity index (χ4n) is 7.19. The highest BCUT2D eigenvalue weighted by atomic mass is 19.1. The van der Waals surface area contributed by atoms with Gasteiger partial charge in [-0.15, -0.1) is 0 Å². The number of halogens is 3. The second-order valence-electron chi connectivity index (χ2n) is 12.8. The quantitative estimate of drug-likeness (QED) is 0.360. The third-order valence-corrected chi connectivity index (χ3v) is 9.18. The maximum absolute atomic E-state index is 14.9. The van der Waals surface area contributed by atoms with Crippen LogP contribution in [-0.4, -0.2) is 85.1 Å². The van der Waals surface area contributed by atoms with Crippen LogP contribution in [-0.2, 0) is 17.8 Å². The molecule has 5 rings (SSSR count). The monoisotopic (exact) mass is 625 g/mol. The summed E-state index contributed by atoms with van der Waals surface area (Å²) in [6.45, 7) is 5.82. The van der Waals surface area contributed by atoms with Gasteiger partial charge in [0.05, 0.1) is 37.4 Å². The van der Waals surface area contributed by atoms with Crippen LogP contribution in [0.25, 0.3) is 0 Å². The molecule has 0 unspecified atom stereocenters. The zero-order chi connectivity index (χ0) is 32.1. The third-order valence-electron chi connectivity index (χ3n) is 9.18. The number of hydrogen-bond donors (Lipinski definition) is 0. The summed E-state index contributed by atoms with van der Waals surface area (Å²) in [5.74, 6) is -2.54. The van der Waals surface area contributed by atoms with Crippen molar-refractivity contribution in [3.8, 4) is 12.1 Å². The standard InChI is InChI=1S/C33H42F3N7O2/c1-23(34)31(44)43-18-17-42(19-24(43)12-15-37)30-25-9-8-16-41(29-26(35)10-7-11-27(29)36)20-28(25)38-32(39-30)45-22-33(21-40(2)3)13-5-4-6-14-33/h7,10-11,24H,1,4-6,8-9,12-14,16-22H2,2-3H3/t24-/m0/s1. The number of hydrogen-bond acceptors (Lipinski definition) is 8. The van der Waals surface area contributed by atoms with E-state index in [4.69, 9.17) is 14.7 Å². The Hall–Kier alpha value is -3.85. The van der Waals surface area contributed by atoms with Crippen molar-refractivity contribution in [2.24, 2.45) is 5.41 Å². The van der Waals surface area contributed by atoms with Gasteiger partial charge in [-0.25, -0.2) is 13.2 Å². The second-order valence-corrected chi connectivity index (χ2v) is 12.8. The van der Waals surface area contributed by atoms with Crippen molar-refractivity contribution in [2.45, 2.75) is 64.0 Å². The van der Waals surface area contributed by atoms with Crippen molar-refractivity contribution in [1.82, 2.24) is 19.8 Å². The molecule has 3 aliphatic rings. The summed E-state index contributed by atoms with van der Waals surface area (Å²) in [6, 6.07) is 5.59. The Bertz CT molecular complexity index is 1420. The predicted molar refractivity (Wildman–Crippen MR) is 166 cm³/mol. The minimum absolute atomic E-state index is 0.0134. The molecule has 0 spiro atoms. The van der Waals surface area contributed by atoms with Crippen LogP contribution in [0.4, 0.5) is 24.7 Å². The van der Waals surface area contributed by atoms with Gasteiger partial charge < -0.3 is 24.3 Å². The van der Waals surface area contributed by atoms with E-state index in [1.54, 1.807) is 4.90 Å². The van der Waals surface area contributed by atoms with Gasteiger partial charge >= 0.3 is 6.01 Å². The van der Waals surface area contributed by atoms with Crippen LogP contribution in [0.3, 0.4) is 0 Å². The number of fused-ring (bicyclic) bond motifs is 1. The molecule has 0 radical (unpaired) electrons. The average Bonchev–Trinajstić information content (AvgIpc) is 3.22. The Morgan fingerprint density at radius 2 is 1.84 bits per heavy atom. The summed E-state index contributed by atoms with van der Waals surface area (Å²) < 4.78 is 50.1. The van der Waals surface area contributed by atoms with Crippen molar-refractivity contribution in [1.29, 1.82) is 5.26 Å². The topological polar surface area (TPSA) is 88.8 Å². The normalized spacial score (nSPS) is 19.9. The van der Waals surface area contributed by atoms with Gasteiger partial charge in [-0.3, -0.25) is 4.79 Å². The molecule has 9 nitrogen and oxygen atoms in total. The molecule has 0 N–H and O–H groups in total. The van der Waals surface area contributed by atoms with E-state index in [0.29, 0.717) is 44.0 Å². The SMILES string of the molecule is C=C(F)C(=O)N1CCN(c2nc(OCC3(CN(C)C)CCCCC3)nc3c2CCCN(c2c(F)cccc2F)C3)C[C@@H]1CC#N. The Balaban J connectivity index is 1.51. The van der Waals surface area contributed by atoms with E-state index >= 15 is 0 Å². The van der Waals surface area contributed by atoms with Crippen molar-refractivity contribution in [3.05, 3.63) is 53.5 Å². The number of carbonyl (C=O) groups excluding carboxylic acids is 1. The lowest BCUT2D eigenvalue weighted by atomic mass is 9.74.